The molecule has 9 nitrogen and oxygen atoms in total. The van der Waals surface area contributed by atoms with Crippen LogP contribution in [0.25, 0.3) is 0 Å². The highest BCUT2D eigenvalue weighted by Crippen LogP contribution is 2.39. The minimum atomic E-state index is -4.14. The number of phenolic OH excluding ortho intramolecular Hbond substituents is 1. The molecule has 0 aromatic heterocycles. The SMILES string of the molecule is O=C(O)N1CCOc2cc(S(=O)(=O)Nc3ccc(CO)cc3)c(O)cc21. The molecule has 3 rings (SSSR count). The Balaban J connectivity index is 1.96. The lowest BCUT2D eigenvalue weighted by molar-refractivity contribution is 0.196. The zero-order valence-electron chi connectivity index (χ0n) is 13.4. The third-order valence-electron chi connectivity index (χ3n) is 3.81. The lowest BCUT2D eigenvalue weighted by atomic mass is 10.2. The summed E-state index contributed by atoms with van der Waals surface area (Å²) in [5.74, 6) is -0.549. The Hall–Kier alpha value is -2.98. The largest absolute Gasteiger partial charge is 0.506 e. The number of phenols is 1. The number of hydrogen-bond acceptors (Lipinski definition) is 6. The third-order valence-corrected chi connectivity index (χ3v) is 5.22. The van der Waals surface area contributed by atoms with Crippen molar-refractivity contribution in [3.63, 3.8) is 0 Å². The van der Waals surface area contributed by atoms with Crippen molar-refractivity contribution in [3.05, 3.63) is 42.0 Å². The van der Waals surface area contributed by atoms with Gasteiger partial charge in [0.05, 0.1) is 18.8 Å². The van der Waals surface area contributed by atoms with Crippen LogP contribution in [0.3, 0.4) is 0 Å². The Morgan fingerprint density at radius 1 is 1.23 bits per heavy atom. The minimum Gasteiger partial charge on any atom is -0.506 e. The van der Waals surface area contributed by atoms with E-state index in [0.717, 1.165) is 17.0 Å². The van der Waals surface area contributed by atoms with Crippen LogP contribution in [-0.2, 0) is 16.6 Å². The molecule has 4 N–H and O–H groups in total. The zero-order chi connectivity index (χ0) is 18.9. The summed E-state index contributed by atoms with van der Waals surface area (Å²) in [4.78, 5) is 11.8. The molecule has 0 atom stereocenters. The number of anilines is 2. The number of ether oxygens (including phenoxy) is 1. The lowest BCUT2D eigenvalue weighted by Gasteiger charge is -2.27. The van der Waals surface area contributed by atoms with Gasteiger partial charge in [0.15, 0.2) is 0 Å². The van der Waals surface area contributed by atoms with Gasteiger partial charge in [-0.1, -0.05) is 12.1 Å². The average Bonchev–Trinajstić information content (AvgIpc) is 2.60. The molecule has 0 saturated carbocycles. The van der Waals surface area contributed by atoms with Crippen molar-refractivity contribution < 1.29 is 33.3 Å². The Bertz CT molecular complexity index is 942. The van der Waals surface area contributed by atoms with Crippen LogP contribution < -0.4 is 14.4 Å². The van der Waals surface area contributed by atoms with Gasteiger partial charge < -0.3 is 20.1 Å². The summed E-state index contributed by atoms with van der Waals surface area (Å²) >= 11 is 0. The number of fused-ring (bicyclic) bond motifs is 1. The van der Waals surface area contributed by atoms with Gasteiger partial charge in [0.1, 0.15) is 23.0 Å². The van der Waals surface area contributed by atoms with Crippen molar-refractivity contribution in [1.82, 2.24) is 0 Å². The van der Waals surface area contributed by atoms with Crippen LogP contribution in [0, 0.1) is 0 Å². The van der Waals surface area contributed by atoms with E-state index in [-0.39, 0.29) is 36.9 Å². The van der Waals surface area contributed by atoms with E-state index in [4.69, 9.17) is 9.84 Å². The zero-order valence-corrected chi connectivity index (χ0v) is 14.2. The van der Waals surface area contributed by atoms with Gasteiger partial charge in [-0.2, -0.15) is 0 Å². The average molecular weight is 380 g/mol. The number of sulfonamides is 1. The van der Waals surface area contributed by atoms with Crippen molar-refractivity contribution in [2.24, 2.45) is 0 Å². The summed E-state index contributed by atoms with van der Waals surface area (Å²) < 4.78 is 32.8. The second kappa shape index (κ2) is 6.73. The number of carbonyl (C=O) groups is 1. The first kappa shape index (κ1) is 17.8. The summed E-state index contributed by atoms with van der Waals surface area (Å²) in [7, 11) is -4.14. The van der Waals surface area contributed by atoms with Crippen LogP contribution in [0.4, 0.5) is 16.2 Å². The van der Waals surface area contributed by atoms with E-state index in [0.29, 0.717) is 5.56 Å². The number of nitrogens with zero attached hydrogens (tertiary/aromatic N) is 1. The van der Waals surface area contributed by atoms with Gasteiger partial charge in [-0.05, 0) is 17.7 Å². The number of hydrogen-bond donors (Lipinski definition) is 4. The minimum absolute atomic E-state index is 0.0486. The predicted molar refractivity (Wildman–Crippen MR) is 92.1 cm³/mol. The van der Waals surface area contributed by atoms with E-state index < -0.39 is 26.8 Å². The topological polar surface area (TPSA) is 136 Å². The fourth-order valence-corrected chi connectivity index (χ4v) is 3.69. The van der Waals surface area contributed by atoms with Crippen LogP contribution in [0.15, 0.2) is 41.3 Å². The maximum absolute atomic E-state index is 12.6. The molecule has 1 aliphatic heterocycles. The summed E-state index contributed by atoms with van der Waals surface area (Å²) in [5.41, 5.74) is 0.937. The molecule has 1 amide bonds. The van der Waals surface area contributed by atoms with E-state index in [1.165, 1.54) is 12.1 Å². The number of aliphatic hydroxyl groups excluding tert-OH is 1. The molecule has 0 fully saturated rings. The van der Waals surface area contributed by atoms with E-state index in [1.807, 2.05) is 0 Å². The van der Waals surface area contributed by atoms with Crippen molar-refractivity contribution in [2.45, 2.75) is 11.5 Å². The number of carboxylic acid groups (broad SMARTS) is 1. The van der Waals surface area contributed by atoms with Crippen molar-refractivity contribution >= 4 is 27.5 Å². The molecule has 2 aromatic rings. The van der Waals surface area contributed by atoms with Crippen LogP contribution >= 0.6 is 0 Å². The highest BCUT2D eigenvalue weighted by atomic mass is 32.2. The van der Waals surface area contributed by atoms with Gasteiger partial charge in [-0.25, -0.2) is 13.2 Å². The molecule has 1 heterocycles. The second-order valence-corrected chi connectivity index (χ2v) is 7.18. The molecule has 0 saturated heterocycles. The molecule has 10 heteroatoms. The normalized spacial score (nSPS) is 13.7. The first-order chi connectivity index (χ1) is 12.3. The Kier molecular flexibility index (Phi) is 4.62. The highest BCUT2D eigenvalue weighted by molar-refractivity contribution is 7.92. The number of aromatic hydroxyl groups is 1. The van der Waals surface area contributed by atoms with Gasteiger partial charge in [-0.3, -0.25) is 9.62 Å². The van der Waals surface area contributed by atoms with E-state index >= 15 is 0 Å². The standard InChI is InChI=1S/C16H16N2O7S/c19-9-10-1-3-11(4-2-10)17-26(23,24)15-8-14-12(7-13(15)20)18(16(21)22)5-6-25-14/h1-4,7-8,17,19-20H,5-6,9H2,(H,21,22). The van der Waals surface area contributed by atoms with E-state index in [9.17, 15) is 23.4 Å². The molecule has 0 radical (unpaired) electrons. The molecule has 1 aliphatic rings. The van der Waals surface area contributed by atoms with Gasteiger partial charge in [0.25, 0.3) is 10.0 Å². The maximum Gasteiger partial charge on any atom is 0.412 e. The maximum atomic E-state index is 12.6. The Labute approximate surface area is 149 Å². The quantitative estimate of drug-likeness (QED) is 0.632. The fraction of sp³-hybridized carbons (Fsp3) is 0.188. The van der Waals surface area contributed by atoms with Crippen molar-refractivity contribution in [2.75, 3.05) is 22.8 Å². The molecule has 0 unspecified atom stereocenters. The first-order valence-corrected chi connectivity index (χ1v) is 9.03. The summed E-state index contributed by atoms with van der Waals surface area (Å²) in [6, 6.07) is 8.19. The predicted octanol–water partition coefficient (Wildman–Crippen LogP) is 1.56. The van der Waals surface area contributed by atoms with E-state index in [2.05, 4.69) is 4.72 Å². The first-order valence-electron chi connectivity index (χ1n) is 7.55. The lowest BCUT2D eigenvalue weighted by Crippen LogP contribution is -2.36. The van der Waals surface area contributed by atoms with Crippen LogP contribution in [0.5, 0.6) is 11.5 Å². The summed E-state index contributed by atoms with van der Waals surface area (Å²) in [6.07, 6.45) is -1.23. The summed E-state index contributed by atoms with van der Waals surface area (Å²) in [5, 5.41) is 28.3. The third kappa shape index (κ3) is 3.37. The molecule has 0 bridgehead atoms. The fourth-order valence-electron chi connectivity index (χ4n) is 2.53. The van der Waals surface area contributed by atoms with E-state index in [1.54, 1.807) is 12.1 Å². The number of rotatable bonds is 4. The Morgan fingerprint density at radius 2 is 1.92 bits per heavy atom. The summed E-state index contributed by atoms with van der Waals surface area (Å²) in [6.45, 7) is -0.0288. The van der Waals surface area contributed by atoms with Crippen molar-refractivity contribution in [1.29, 1.82) is 0 Å². The molecule has 26 heavy (non-hydrogen) atoms. The number of nitrogens with one attached hydrogen (secondary N) is 1. The van der Waals surface area contributed by atoms with Gasteiger partial charge in [-0.15, -0.1) is 0 Å². The molecule has 0 spiro atoms. The van der Waals surface area contributed by atoms with Crippen LogP contribution in [-0.4, -0.2) is 43.0 Å². The highest BCUT2D eigenvalue weighted by Gasteiger charge is 2.28. The number of benzene rings is 2. The number of aliphatic hydroxyl groups is 1. The molecular formula is C16H16N2O7S. The van der Waals surface area contributed by atoms with Crippen LogP contribution in [0.1, 0.15) is 5.56 Å². The van der Waals surface area contributed by atoms with Crippen molar-refractivity contribution in [3.8, 4) is 11.5 Å². The second-order valence-electron chi connectivity index (χ2n) is 5.53. The molecular weight excluding hydrogens is 364 g/mol. The van der Waals surface area contributed by atoms with Crippen LogP contribution in [0.2, 0.25) is 0 Å². The van der Waals surface area contributed by atoms with Gasteiger partial charge in [0.2, 0.25) is 0 Å². The van der Waals surface area contributed by atoms with Gasteiger partial charge >= 0.3 is 6.09 Å². The molecule has 0 aliphatic carbocycles. The number of amides is 1. The smallest absolute Gasteiger partial charge is 0.412 e. The monoisotopic (exact) mass is 380 g/mol. The van der Waals surface area contributed by atoms with Gasteiger partial charge in [0, 0.05) is 17.8 Å². The Morgan fingerprint density at radius 3 is 2.54 bits per heavy atom. The molecule has 2 aromatic carbocycles. The molecule has 138 valence electrons.